The molecule has 6 nitrogen and oxygen atoms in total. The van der Waals surface area contributed by atoms with Crippen LogP contribution in [-0.2, 0) is 14.3 Å². The lowest BCUT2D eigenvalue weighted by Crippen LogP contribution is -2.28. The monoisotopic (exact) mass is 367 g/mol. The first-order chi connectivity index (χ1) is 11.6. The minimum Gasteiger partial charge on any atom is -0.376 e. The highest BCUT2D eigenvalue weighted by molar-refractivity contribution is 8.15. The predicted molar refractivity (Wildman–Crippen MR) is 95.5 cm³/mol. The van der Waals surface area contributed by atoms with Gasteiger partial charge in [-0.05, 0) is 25.0 Å². The van der Waals surface area contributed by atoms with Crippen LogP contribution < -0.4 is 10.6 Å². The maximum atomic E-state index is 12.1. The normalized spacial score (nSPS) is 25.0. The third kappa shape index (κ3) is 4.49. The van der Waals surface area contributed by atoms with Gasteiger partial charge in [-0.15, -0.1) is 0 Å². The summed E-state index contributed by atoms with van der Waals surface area (Å²) < 4.78 is 5.50. The van der Waals surface area contributed by atoms with Crippen molar-refractivity contribution >= 4 is 46.0 Å². The summed E-state index contributed by atoms with van der Waals surface area (Å²) in [4.78, 5) is 28.5. The molecule has 2 N–H and O–H groups in total. The number of halogens is 1. The summed E-state index contributed by atoms with van der Waals surface area (Å²) in [6.07, 6.45) is 2.26. The summed E-state index contributed by atoms with van der Waals surface area (Å²) >= 11 is 7.30. The number of amides is 2. The molecule has 2 fully saturated rings. The van der Waals surface area contributed by atoms with Crippen molar-refractivity contribution in [2.24, 2.45) is 4.99 Å². The number of rotatable bonds is 5. The van der Waals surface area contributed by atoms with Crippen molar-refractivity contribution in [3.63, 3.8) is 0 Å². The van der Waals surface area contributed by atoms with Crippen molar-refractivity contribution in [3.8, 4) is 0 Å². The molecule has 3 rings (SSSR count). The smallest absolute Gasteiger partial charge is 0.240 e. The van der Waals surface area contributed by atoms with E-state index in [-0.39, 0.29) is 24.3 Å². The number of benzene rings is 1. The third-order valence-corrected chi connectivity index (χ3v) is 5.21. The van der Waals surface area contributed by atoms with Crippen molar-refractivity contribution in [1.82, 2.24) is 5.32 Å². The molecule has 2 amide bonds. The molecule has 0 unspecified atom stereocenters. The van der Waals surface area contributed by atoms with Crippen molar-refractivity contribution in [1.29, 1.82) is 0 Å². The van der Waals surface area contributed by atoms with Crippen LogP contribution in [-0.4, -0.2) is 41.5 Å². The van der Waals surface area contributed by atoms with Crippen molar-refractivity contribution in [2.45, 2.75) is 30.6 Å². The summed E-state index contributed by atoms with van der Waals surface area (Å²) in [5, 5.41) is 6.00. The molecule has 0 aliphatic carbocycles. The zero-order valence-corrected chi connectivity index (χ0v) is 14.5. The number of thioether (sulfide) groups is 1. The summed E-state index contributed by atoms with van der Waals surface area (Å²) in [7, 11) is 0. The van der Waals surface area contributed by atoms with Gasteiger partial charge in [0.25, 0.3) is 0 Å². The zero-order valence-electron chi connectivity index (χ0n) is 13.0. The van der Waals surface area contributed by atoms with E-state index < -0.39 is 5.25 Å². The molecule has 0 radical (unpaired) electrons. The average molecular weight is 368 g/mol. The van der Waals surface area contributed by atoms with E-state index in [1.54, 1.807) is 24.3 Å². The standard InChI is InChI=1S/C16H18ClN3O3S/c17-11-5-1-2-6-12(11)19-14(21)8-13-15(22)20-16(24-13)18-9-10-4-3-7-23-10/h1-2,5-6,10,13H,3-4,7-9H2,(H,19,21)(H,18,20,22)/t10-,13-/m0/s1. The Balaban J connectivity index is 1.51. The van der Waals surface area contributed by atoms with E-state index in [9.17, 15) is 9.59 Å². The molecule has 2 heterocycles. The summed E-state index contributed by atoms with van der Waals surface area (Å²) in [5.74, 6) is -0.448. The lowest BCUT2D eigenvalue weighted by Gasteiger charge is -2.08. The van der Waals surface area contributed by atoms with Crippen molar-refractivity contribution in [3.05, 3.63) is 29.3 Å². The number of nitrogens with zero attached hydrogens (tertiary/aromatic N) is 1. The molecule has 1 aromatic rings. The molecule has 2 saturated heterocycles. The van der Waals surface area contributed by atoms with Gasteiger partial charge in [0.1, 0.15) is 5.25 Å². The summed E-state index contributed by atoms with van der Waals surface area (Å²) in [5.41, 5.74) is 0.542. The fourth-order valence-corrected chi connectivity index (χ4v) is 3.68. The highest BCUT2D eigenvalue weighted by atomic mass is 35.5. The largest absolute Gasteiger partial charge is 0.376 e. The first kappa shape index (κ1) is 17.3. The molecule has 0 bridgehead atoms. The first-order valence-corrected chi connectivity index (χ1v) is 9.05. The Morgan fingerprint density at radius 1 is 1.46 bits per heavy atom. The van der Waals surface area contributed by atoms with E-state index >= 15 is 0 Å². The van der Waals surface area contributed by atoms with E-state index in [0.717, 1.165) is 19.4 Å². The molecular weight excluding hydrogens is 350 g/mol. The van der Waals surface area contributed by atoms with E-state index in [0.29, 0.717) is 22.4 Å². The fraction of sp³-hybridized carbons (Fsp3) is 0.438. The molecule has 2 aliphatic rings. The van der Waals surface area contributed by atoms with Crippen LogP contribution in [0, 0.1) is 0 Å². The third-order valence-electron chi connectivity index (χ3n) is 3.76. The maximum absolute atomic E-state index is 12.1. The number of ether oxygens (including phenoxy) is 1. The highest BCUT2D eigenvalue weighted by Gasteiger charge is 2.32. The Morgan fingerprint density at radius 2 is 2.29 bits per heavy atom. The minimum atomic E-state index is -0.476. The Bertz CT molecular complexity index is 662. The van der Waals surface area contributed by atoms with Crippen molar-refractivity contribution in [2.75, 3.05) is 18.5 Å². The zero-order chi connectivity index (χ0) is 16.9. The van der Waals surface area contributed by atoms with Crippen LogP contribution in [0.4, 0.5) is 5.69 Å². The Kier molecular flexibility index (Phi) is 5.76. The van der Waals surface area contributed by atoms with Gasteiger partial charge in [0.15, 0.2) is 5.17 Å². The number of para-hydroxylation sites is 1. The first-order valence-electron chi connectivity index (χ1n) is 7.80. The Morgan fingerprint density at radius 3 is 3.04 bits per heavy atom. The minimum absolute atomic E-state index is 0.0701. The molecule has 2 aliphatic heterocycles. The summed E-state index contributed by atoms with van der Waals surface area (Å²) in [6, 6.07) is 6.99. The SMILES string of the molecule is O=C(C[C@@H]1SC(=NC[C@@H]2CCCO2)NC1=O)Nc1ccccc1Cl. The Hall–Kier alpha value is -1.57. The van der Waals surface area contributed by atoms with Gasteiger partial charge in [0, 0.05) is 13.0 Å². The fourth-order valence-electron chi connectivity index (χ4n) is 2.52. The molecular formula is C16H18ClN3O3S. The average Bonchev–Trinajstić information content (AvgIpc) is 3.18. The predicted octanol–water partition coefficient (Wildman–Crippen LogP) is 2.44. The molecule has 1 aromatic carbocycles. The second-order valence-electron chi connectivity index (χ2n) is 5.61. The molecule has 0 spiro atoms. The van der Waals surface area contributed by atoms with Gasteiger partial charge in [-0.1, -0.05) is 35.5 Å². The van der Waals surface area contributed by atoms with E-state index in [1.807, 2.05) is 0 Å². The van der Waals surface area contributed by atoms with Crippen molar-refractivity contribution < 1.29 is 14.3 Å². The molecule has 0 aromatic heterocycles. The number of anilines is 1. The lowest BCUT2D eigenvalue weighted by molar-refractivity contribution is -0.122. The second kappa shape index (κ2) is 8.00. The quantitative estimate of drug-likeness (QED) is 0.837. The lowest BCUT2D eigenvalue weighted by atomic mass is 10.2. The van der Waals surface area contributed by atoms with Crippen LogP contribution in [0.5, 0.6) is 0 Å². The van der Waals surface area contributed by atoms with Crippen LogP contribution >= 0.6 is 23.4 Å². The number of aliphatic imine (C=N–C) groups is 1. The van der Waals surface area contributed by atoms with Crippen LogP contribution in [0.1, 0.15) is 19.3 Å². The second-order valence-corrected chi connectivity index (χ2v) is 7.21. The van der Waals surface area contributed by atoms with Gasteiger partial charge in [0.05, 0.1) is 23.4 Å². The number of hydrogen-bond acceptors (Lipinski definition) is 5. The van der Waals surface area contributed by atoms with Gasteiger partial charge in [-0.2, -0.15) is 0 Å². The number of carbonyl (C=O) groups is 2. The summed E-state index contributed by atoms with van der Waals surface area (Å²) in [6.45, 7) is 1.32. The molecule has 2 atom stereocenters. The number of hydrogen-bond donors (Lipinski definition) is 2. The molecule has 24 heavy (non-hydrogen) atoms. The number of carbonyl (C=O) groups excluding carboxylic acids is 2. The van der Waals surface area contributed by atoms with E-state index in [4.69, 9.17) is 16.3 Å². The van der Waals surface area contributed by atoms with Gasteiger partial charge in [-0.3, -0.25) is 14.6 Å². The van der Waals surface area contributed by atoms with Crippen LogP contribution in [0.15, 0.2) is 29.3 Å². The van der Waals surface area contributed by atoms with Gasteiger partial charge in [-0.25, -0.2) is 0 Å². The Labute approximate surface area is 149 Å². The van der Waals surface area contributed by atoms with Gasteiger partial charge < -0.3 is 15.4 Å². The molecule has 8 heteroatoms. The van der Waals surface area contributed by atoms with Crippen LogP contribution in [0.3, 0.4) is 0 Å². The highest BCUT2D eigenvalue weighted by Crippen LogP contribution is 2.25. The molecule has 0 saturated carbocycles. The molecule has 128 valence electrons. The number of nitrogens with one attached hydrogen (secondary N) is 2. The maximum Gasteiger partial charge on any atom is 0.240 e. The topological polar surface area (TPSA) is 79.8 Å². The van der Waals surface area contributed by atoms with Gasteiger partial charge in [0.2, 0.25) is 11.8 Å². The van der Waals surface area contributed by atoms with Crippen LogP contribution in [0.25, 0.3) is 0 Å². The van der Waals surface area contributed by atoms with Gasteiger partial charge >= 0.3 is 0 Å². The van der Waals surface area contributed by atoms with E-state index in [2.05, 4.69) is 15.6 Å². The number of amidine groups is 1. The van der Waals surface area contributed by atoms with E-state index in [1.165, 1.54) is 11.8 Å². The van der Waals surface area contributed by atoms with Crippen LogP contribution in [0.2, 0.25) is 5.02 Å².